The highest BCUT2D eigenvalue weighted by Gasteiger charge is 2.07. The number of hydrogen-bond donors (Lipinski definition) is 0. The van der Waals surface area contributed by atoms with E-state index in [2.05, 4.69) is 37.2 Å². The molecule has 2 aromatic rings. The van der Waals surface area contributed by atoms with Gasteiger partial charge >= 0.3 is 0 Å². The van der Waals surface area contributed by atoms with Gasteiger partial charge in [0.2, 0.25) is 0 Å². The zero-order valence-corrected chi connectivity index (χ0v) is 13.2. The van der Waals surface area contributed by atoms with Crippen LogP contribution in [0.2, 0.25) is 10.0 Å². The van der Waals surface area contributed by atoms with Crippen LogP contribution < -0.4 is 0 Å². The molecule has 0 aliphatic rings. The predicted octanol–water partition coefficient (Wildman–Crippen LogP) is 5.14. The van der Waals surface area contributed by atoms with Crippen LogP contribution in [0.15, 0.2) is 42.5 Å². The monoisotopic (exact) mass is 315 g/mol. The fraction of sp³-hybridized carbons (Fsp3) is 0.200. The van der Waals surface area contributed by atoms with Crippen molar-refractivity contribution in [2.45, 2.75) is 6.54 Å². The second kappa shape index (κ2) is 7.16. The Bertz CT molecular complexity index is 533. The largest absolute Gasteiger partial charge is 0.305 e. The Kier molecular flexibility index (Phi) is 6.15. The first-order valence-corrected chi connectivity index (χ1v) is 6.51. The lowest BCUT2D eigenvalue weighted by Gasteiger charge is -2.14. The van der Waals surface area contributed by atoms with Gasteiger partial charge in [0.15, 0.2) is 0 Å². The predicted molar refractivity (Wildman–Crippen MR) is 86.5 cm³/mol. The smallest absolute Gasteiger partial charge is 0.0426 e. The van der Waals surface area contributed by atoms with Crippen LogP contribution in [-0.2, 0) is 6.54 Å². The van der Waals surface area contributed by atoms with Crippen LogP contribution in [0.5, 0.6) is 0 Å². The summed E-state index contributed by atoms with van der Waals surface area (Å²) >= 11 is 12.1. The number of hydrogen-bond acceptors (Lipinski definition) is 1. The summed E-state index contributed by atoms with van der Waals surface area (Å²) in [5.41, 5.74) is 3.50. The second-order valence-corrected chi connectivity index (χ2v) is 5.43. The molecule has 4 heteroatoms. The molecule has 0 aromatic heterocycles. The van der Waals surface area contributed by atoms with Crippen molar-refractivity contribution in [1.82, 2.24) is 4.90 Å². The summed E-state index contributed by atoms with van der Waals surface area (Å²) in [6, 6.07) is 14.0. The molecule has 0 fully saturated rings. The van der Waals surface area contributed by atoms with Crippen molar-refractivity contribution in [3.05, 3.63) is 58.1 Å². The molecule has 0 radical (unpaired) electrons. The third-order valence-corrected chi connectivity index (χ3v) is 3.11. The minimum absolute atomic E-state index is 0. The Hall–Kier alpha value is -0.730. The lowest BCUT2D eigenvalue weighted by atomic mass is 9.99. The van der Waals surface area contributed by atoms with Crippen molar-refractivity contribution in [3.63, 3.8) is 0 Å². The first-order chi connectivity index (χ1) is 8.56. The molecule has 0 saturated carbocycles. The van der Waals surface area contributed by atoms with E-state index in [0.717, 1.165) is 12.1 Å². The van der Waals surface area contributed by atoms with Crippen molar-refractivity contribution >= 4 is 35.6 Å². The Morgan fingerprint density at radius 1 is 0.947 bits per heavy atom. The molecular formula is C15H16Cl3N. The topological polar surface area (TPSA) is 3.24 Å². The van der Waals surface area contributed by atoms with Crippen LogP contribution in [0.3, 0.4) is 0 Å². The molecule has 0 N–H and O–H groups in total. The number of nitrogens with zero attached hydrogens (tertiary/aromatic N) is 1. The van der Waals surface area contributed by atoms with Gasteiger partial charge in [-0.05, 0) is 49.0 Å². The molecule has 2 rings (SSSR count). The molecule has 0 bridgehead atoms. The van der Waals surface area contributed by atoms with Crippen molar-refractivity contribution in [2.75, 3.05) is 14.1 Å². The Labute approximate surface area is 130 Å². The summed E-state index contributed by atoms with van der Waals surface area (Å²) in [5.74, 6) is 0. The average molecular weight is 317 g/mol. The first kappa shape index (κ1) is 16.3. The van der Waals surface area contributed by atoms with E-state index in [-0.39, 0.29) is 12.4 Å². The molecule has 2 aromatic carbocycles. The van der Waals surface area contributed by atoms with Gasteiger partial charge in [-0.15, -0.1) is 12.4 Å². The maximum atomic E-state index is 6.06. The minimum atomic E-state index is 0. The fourth-order valence-electron chi connectivity index (χ4n) is 1.99. The van der Waals surface area contributed by atoms with Gasteiger partial charge in [-0.3, -0.25) is 0 Å². The van der Waals surface area contributed by atoms with Crippen molar-refractivity contribution in [1.29, 1.82) is 0 Å². The molecule has 0 unspecified atom stereocenters. The maximum absolute atomic E-state index is 6.06. The molecule has 0 saturated heterocycles. The van der Waals surface area contributed by atoms with E-state index in [4.69, 9.17) is 23.2 Å². The Balaban J connectivity index is 0.00000180. The van der Waals surface area contributed by atoms with Crippen LogP contribution in [0.1, 0.15) is 5.56 Å². The highest BCUT2D eigenvalue weighted by Crippen LogP contribution is 2.29. The van der Waals surface area contributed by atoms with Gasteiger partial charge < -0.3 is 4.90 Å². The van der Waals surface area contributed by atoms with Crippen LogP contribution in [0.25, 0.3) is 11.1 Å². The molecule has 0 aliphatic carbocycles. The standard InChI is InChI=1S/C15H15Cl2N.ClH/c1-18(2)10-11-5-3-4-6-15(11)12-7-13(16)9-14(17)8-12;/h3-9H,10H2,1-2H3;1H. The van der Waals surface area contributed by atoms with Crippen LogP contribution >= 0.6 is 35.6 Å². The van der Waals surface area contributed by atoms with Crippen molar-refractivity contribution in [2.24, 2.45) is 0 Å². The average Bonchev–Trinajstić information content (AvgIpc) is 2.27. The highest BCUT2D eigenvalue weighted by atomic mass is 35.5. The molecule has 0 spiro atoms. The van der Waals surface area contributed by atoms with Gasteiger partial charge in [-0.1, -0.05) is 47.5 Å². The zero-order chi connectivity index (χ0) is 13.1. The third kappa shape index (κ3) is 4.39. The summed E-state index contributed by atoms with van der Waals surface area (Å²) < 4.78 is 0. The van der Waals surface area contributed by atoms with E-state index in [1.807, 2.05) is 18.2 Å². The van der Waals surface area contributed by atoms with E-state index in [9.17, 15) is 0 Å². The van der Waals surface area contributed by atoms with E-state index in [1.54, 1.807) is 6.07 Å². The second-order valence-electron chi connectivity index (χ2n) is 4.55. The van der Waals surface area contributed by atoms with Gasteiger partial charge in [-0.25, -0.2) is 0 Å². The number of benzene rings is 2. The SMILES string of the molecule is CN(C)Cc1ccccc1-c1cc(Cl)cc(Cl)c1.Cl. The molecule has 0 aliphatic heterocycles. The van der Waals surface area contributed by atoms with Gasteiger partial charge in [0, 0.05) is 16.6 Å². The summed E-state index contributed by atoms with van der Waals surface area (Å²) in [4.78, 5) is 2.14. The Morgan fingerprint density at radius 2 is 1.53 bits per heavy atom. The zero-order valence-electron chi connectivity index (χ0n) is 10.9. The highest BCUT2D eigenvalue weighted by molar-refractivity contribution is 6.35. The molecule has 1 nitrogen and oxygen atoms in total. The first-order valence-electron chi connectivity index (χ1n) is 5.75. The number of rotatable bonds is 3. The van der Waals surface area contributed by atoms with E-state index in [1.165, 1.54) is 11.1 Å². The summed E-state index contributed by atoms with van der Waals surface area (Å²) in [5, 5.41) is 1.33. The van der Waals surface area contributed by atoms with Crippen molar-refractivity contribution in [3.8, 4) is 11.1 Å². The molecule has 0 atom stereocenters. The Morgan fingerprint density at radius 3 is 2.11 bits per heavy atom. The normalized spacial score (nSPS) is 10.4. The fourth-order valence-corrected chi connectivity index (χ4v) is 2.52. The summed E-state index contributed by atoms with van der Waals surface area (Å²) in [7, 11) is 4.11. The quantitative estimate of drug-likeness (QED) is 0.757. The van der Waals surface area contributed by atoms with Crippen LogP contribution in [0.4, 0.5) is 0 Å². The summed E-state index contributed by atoms with van der Waals surface area (Å²) in [6.07, 6.45) is 0. The van der Waals surface area contributed by atoms with Gasteiger partial charge in [0.05, 0.1) is 0 Å². The van der Waals surface area contributed by atoms with Crippen molar-refractivity contribution < 1.29 is 0 Å². The third-order valence-electron chi connectivity index (χ3n) is 2.68. The molecule has 0 amide bonds. The minimum Gasteiger partial charge on any atom is -0.305 e. The molecule has 0 heterocycles. The van der Waals surface area contributed by atoms with Crippen LogP contribution in [-0.4, -0.2) is 19.0 Å². The number of halogens is 3. The van der Waals surface area contributed by atoms with Gasteiger partial charge in [-0.2, -0.15) is 0 Å². The van der Waals surface area contributed by atoms with Crippen LogP contribution in [0, 0.1) is 0 Å². The molecule has 19 heavy (non-hydrogen) atoms. The van der Waals surface area contributed by atoms with E-state index in [0.29, 0.717) is 10.0 Å². The lowest BCUT2D eigenvalue weighted by Crippen LogP contribution is -2.11. The molecule has 102 valence electrons. The maximum Gasteiger partial charge on any atom is 0.0426 e. The van der Waals surface area contributed by atoms with E-state index >= 15 is 0 Å². The van der Waals surface area contributed by atoms with Gasteiger partial charge in [0.1, 0.15) is 0 Å². The van der Waals surface area contributed by atoms with Gasteiger partial charge in [0.25, 0.3) is 0 Å². The van der Waals surface area contributed by atoms with E-state index < -0.39 is 0 Å². The molecular weight excluding hydrogens is 301 g/mol. The lowest BCUT2D eigenvalue weighted by molar-refractivity contribution is 0.403. The summed E-state index contributed by atoms with van der Waals surface area (Å²) in [6.45, 7) is 0.889.